The summed E-state index contributed by atoms with van der Waals surface area (Å²) in [5, 5.41) is 11.7. The number of benzene rings is 1. The molecule has 0 atom stereocenters. The van der Waals surface area contributed by atoms with Crippen LogP contribution in [0.4, 0.5) is 5.69 Å². The van der Waals surface area contributed by atoms with Crippen LogP contribution < -0.4 is 11.1 Å². The number of carbonyl (C=O) groups is 2. The zero-order chi connectivity index (χ0) is 10.7. The first-order valence-corrected chi connectivity index (χ1v) is 3.91. The Morgan fingerprint density at radius 1 is 1.43 bits per heavy atom. The molecule has 0 spiro atoms. The highest BCUT2D eigenvalue weighted by Gasteiger charge is 2.13. The summed E-state index contributed by atoms with van der Waals surface area (Å²) in [5.41, 5.74) is 5.17. The van der Waals surface area contributed by atoms with E-state index in [1.165, 1.54) is 25.1 Å². The number of aromatic hydroxyl groups is 1. The van der Waals surface area contributed by atoms with E-state index in [0.717, 1.165) is 0 Å². The van der Waals surface area contributed by atoms with Gasteiger partial charge in [-0.25, -0.2) is 0 Å². The van der Waals surface area contributed by atoms with Gasteiger partial charge in [0.25, 0.3) is 5.91 Å². The molecule has 1 aromatic rings. The maximum atomic E-state index is 10.9. The zero-order valence-electron chi connectivity index (χ0n) is 7.57. The highest BCUT2D eigenvalue weighted by Crippen LogP contribution is 2.24. The molecule has 0 unspecified atom stereocenters. The number of phenols is 1. The fourth-order valence-electron chi connectivity index (χ4n) is 1.09. The topological polar surface area (TPSA) is 92.4 Å². The molecule has 0 heterocycles. The first-order valence-electron chi connectivity index (χ1n) is 3.91. The van der Waals surface area contributed by atoms with E-state index in [9.17, 15) is 14.7 Å². The van der Waals surface area contributed by atoms with Crippen molar-refractivity contribution in [3.05, 3.63) is 23.8 Å². The molecule has 0 fully saturated rings. The number of amides is 2. The lowest BCUT2D eigenvalue weighted by Crippen LogP contribution is -2.16. The highest BCUT2D eigenvalue weighted by atomic mass is 16.3. The van der Waals surface area contributed by atoms with Gasteiger partial charge in [-0.1, -0.05) is 6.07 Å². The maximum Gasteiger partial charge on any atom is 0.254 e. The number of nitrogens with one attached hydrogen (secondary N) is 1. The molecule has 14 heavy (non-hydrogen) atoms. The summed E-state index contributed by atoms with van der Waals surface area (Å²) in [7, 11) is 0. The Bertz CT molecular complexity index is 388. The summed E-state index contributed by atoms with van der Waals surface area (Å²) >= 11 is 0. The van der Waals surface area contributed by atoms with Gasteiger partial charge >= 0.3 is 0 Å². The van der Waals surface area contributed by atoms with Gasteiger partial charge in [-0.2, -0.15) is 0 Å². The Morgan fingerprint density at radius 2 is 2.07 bits per heavy atom. The Morgan fingerprint density at radius 3 is 2.57 bits per heavy atom. The summed E-state index contributed by atoms with van der Waals surface area (Å²) in [4.78, 5) is 21.7. The number of primary amides is 1. The molecule has 4 N–H and O–H groups in total. The number of carbonyl (C=O) groups excluding carboxylic acids is 2. The van der Waals surface area contributed by atoms with Crippen molar-refractivity contribution in [2.24, 2.45) is 5.73 Å². The predicted octanol–water partition coefficient (Wildman–Crippen LogP) is 0.449. The van der Waals surface area contributed by atoms with Crippen LogP contribution in [0, 0.1) is 0 Å². The van der Waals surface area contributed by atoms with Crippen molar-refractivity contribution in [2.45, 2.75) is 6.92 Å². The van der Waals surface area contributed by atoms with Crippen LogP contribution in [0.1, 0.15) is 17.3 Å². The molecule has 0 aliphatic rings. The monoisotopic (exact) mass is 194 g/mol. The third-order valence-corrected chi connectivity index (χ3v) is 1.60. The van der Waals surface area contributed by atoms with Crippen LogP contribution in [0.3, 0.4) is 0 Å². The van der Waals surface area contributed by atoms with Crippen LogP contribution in [-0.2, 0) is 4.79 Å². The molecule has 5 nitrogen and oxygen atoms in total. The van der Waals surface area contributed by atoms with E-state index in [-0.39, 0.29) is 22.9 Å². The third-order valence-electron chi connectivity index (χ3n) is 1.60. The first kappa shape index (κ1) is 10.0. The van der Waals surface area contributed by atoms with Gasteiger partial charge in [-0.05, 0) is 12.1 Å². The van der Waals surface area contributed by atoms with Crippen LogP contribution in [0.15, 0.2) is 18.2 Å². The molecule has 0 aliphatic heterocycles. The van der Waals surface area contributed by atoms with E-state index < -0.39 is 5.91 Å². The van der Waals surface area contributed by atoms with Gasteiger partial charge in [-0.15, -0.1) is 0 Å². The van der Waals surface area contributed by atoms with Crippen molar-refractivity contribution in [3.8, 4) is 5.75 Å². The van der Waals surface area contributed by atoms with E-state index in [4.69, 9.17) is 5.73 Å². The summed E-state index contributed by atoms with van der Waals surface area (Å²) in [6, 6.07) is 4.32. The van der Waals surface area contributed by atoms with E-state index in [2.05, 4.69) is 5.32 Å². The van der Waals surface area contributed by atoms with Crippen LogP contribution in [0.2, 0.25) is 0 Å². The molecule has 0 aliphatic carbocycles. The van der Waals surface area contributed by atoms with E-state index >= 15 is 0 Å². The summed E-state index contributed by atoms with van der Waals surface area (Å²) in [6.45, 7) is 1.30. The van der Waals surface area contributed by atoms with Gasteiger partial charge in [0, 0.05) is 6.92 Å². The lowest BCUT2D eigenvalue weighted by Gasteiger charge is -2.07. The molecule has 0 saturated carbocycles. The van der Waals surface area contributed by atoms with Crippen LogP contribution in [-0.4, -0.2) is 16.9 Å². The summed E-state index contributed by atoms with van der Waals surface area (Å²) < 4.78 is 0. The fraction of sp³-hybridized carbons (Fsp3) is 0.111. The van der Waals surface area contributed by atoms with Gasteiger partial charge in [0.05, 0.1) is 5.69 Å². The van der Waals surface area contributed by atoms with E-state index in [1.54, 1.807) is 0 Å². The lowest BCUT2D eigenvalue weighted by atomic mass is 10.1. The molecule has 74 valence electrons. The quantitative estimate of drug-likeness (QED) is 0.638. The number of hydrogen-bond acceptors (Lipinski definition) is 3. The van der Waals surface area contributed by atoms with E-state index in [0.29, 0.717) is 0 Å². The number of hydrogen-bond donors (Lipinski definition) is 3. The Labute approximate surface area is 80.5 Å². The number of anilines is 1. The average Bonchev–Trinajstić information content (AvgIpc) is 2.01. The fourth-order valence-corrected chi connectivity index (χ4v) is 1.09. The second kappa shape index (κ2) is 3.78. The second-order valence-corrected chi connectivity index (χ2v) is 2.75. The van der Waals surface area contributed by atoms with Gasteiger partial charge in [-0.3, -0.25) is 9.59 Å². The van der Waals surface area contributed by atoms with Crippen molar-refractivity contribution in [2.75, 3.05) is 5.32 Å². The van der Waals surface area contributed by atoms with Gasteiger partial charge in [0.1, 0.15) is 11.3 Å². The molecule has 1 rings (SSSR count). The lowest BCUT2D eigenvalue weighted by molar-refractivity contribution is -0.114. The molecule has 0 bridgehead atoms. The van der Waals surface area contributed by atoms with Crippen LogP contribution in [0.5, 0.6) is 5.75 Å². The standard InChI is InChI=1S/C9H10N2O3/c1-5(12)11-6-3-2-4-7(13)8(6)9(10)14/h2-4,13H,1H3,(H2,10,14)(H,11,12). The number of nitrogens with two attached hydrogens (primary N) is 1. The molecule has 0 radical (unpaired) electrons. The molecule has 5 heteroatoms. The molecular formula is C9H10N2O3. The summed E-state index contributed by atoms with van der Waals surface area (Å²) in [5.74, 6) is -1.37. The molecule has 2 amide bonds. The van der Waals surface area contributed by atoms with Crippen molar-refractivity contribution in [1.82, 2.24) is 0 Å². The van der Waals surface area contributed by atoms with E-state index in [1.807, 2.05) is 0 Å². The molecule has 0 aromatic heterocycles. The van der Waals surface area contributed by atoms with Crippen LogP contribution in [0.25, 0.3) is 0 Å². The minimum absolute atomic E-state index is 0.0808. The van der Waals surface area contributed by atoms with Gasteiger partial charge in [0.15, 0.2) is 0 Å². The second-order valence-electron chi connectivity index (χ2n) is 2.75. The van der Waals surface area contributed by atoms with Crippen molar-refractivity contribution < 1.29 is 14.7 Å². The predicted molar refractivity (Wildman–Crippen MR) is 50.9 cm³/mol. The molecule has 1 aromatic carbocycles. The Balaban J connectivity index is 3.21. The Kier molecular flexibility index (Phi) is 2.71. The number of rotatable bonds is 2. The first-order chi connectivity index (χ1) is 6.52. The SMILES string of the molecule is CC(=O)Nc1cccc(O)c1C(N)=O. The van der Waals surface area contributed by atoms with Crippen molar-refractivity contribution >= 4 is 17.5 Å². The van der Waals surface area contributed by atoms with Gasteiger partial charge in [0.2, 0.25) is 5.91 Å². The highest BCUT2D eigenvalue weighted by molar-refractivity contribution is 6.04. The van der Waals surface area contributed by atoms with Crippen molar-refractivity contribution in [1.29, 1.82) is 0 Å². The maximum absolute atomic E-state index is 10.9. The largest absolute Gasteiger partial charge is 0.507 e. The van der Waals surface area contributed by atoms with Crippen molar-refractivity contribution in [3.63, 3.8) is 0 Å². The smallest absolute Gasteiger partial charge is 0.254 e. The molecular weight excluding hydrogens is 184 g/mol. The summed E-state index contributed by atoms with van der Waals surface area (Å²) in [6.07, 6.45) is 0. The third kappa shape index (κ3) is 2.01. The molecule has 0 saturated heterocycles. The zero-order valence-corrected chi connectivity index (χ0v) is 7.57. The average molecular weight is 194 g/mol. The van der Waals surface area contributed by atoms with Gasteiger partial charge < -0.3 is 16.2 Å². The minimum Gasteiger partial charge on any atom is -0.507 e. The Hall–Kier alpha value is -2.04. The van der Waals surface area contributed by atoms with Crippen LogP contribution >= 0.6 is 0 Å². The normalized spacial score (nSPS) is 9.50. The minimum atomic E-state index is -0.785.